The van der Waals surface area contributed by atoms with Gasteiger partial charge in [0, 0.05) is 57.2 Å². The predicted molar refractivity (Wildman–Crippen MR) is 174 cm³/mol. The molecule has 2 N–H and O–H groups in total. The number of aromatic nitrogens is 2. The third-order valence-corrected chi connectivity index (χ3v) is 9.35. The van der Waals surface area contributed by atoms with E-state index in [0.29, 0.717) is 30.9 Å². The van der Waals surface area contributed by atoms with E-state index in [0.717, 1.165) is 12.8 Å². The molecule has 12 nitrogen and oxygen atoms in total. The second-order valence-electron chi connectivity index (χ2n) is 12.0. The molecule has 1 aliphatic rings. The van der Waals surface area contributed by atoms with Crippen molar-refractivity contribution in [1.29, 1.82) is 0 Å². The Labute approximate surface area is 271 Å². The number of carbonyl (C=O) groups excluding carboxylic acids is 2. The van der Waals surface area contributed by atoms with E-state index in [-0.39, 0.29) is 47.4 Å². The summed E-state index contributed by atoms with van der Waals surface area (Å²) < 4.78 is 42.7. The Morgan fingerprint density at radius 1 is 1.17 bits per heavy atom. The molecule has 0 bridgehead atoms. The number of likely N-dealkylation sites (N-methyl/N-ethyl adjacent to an activating group) is 1. The van der Waals surface area contributed by atoms with Gasteiger partial charge in [0.15, 0.2) is 5.03 Å². The molecule has 13 heteroatoms. The summed E-state index contributed by atoms with van der Waals surface area (Å²) >= 11 is 0. The Kier molecular flexibility index (Phi) is 11.8. The topological polar surface area (TPSA) is 143 Å². The van der Waals surface area contributed by atoms with E-state index in [4.69, 9.17) is 9.47 Å². The van der Waals surface area contributed by atoms with Crippen molar-refractivity contribution in [3.63, 3.8) is 0 Å². The zero-order valence-corrected chi connectivity index (χ0v) is 27.9. The van der Waals surface area contributed by atoms with Crippen LogP contribution in [0.3, 0.4) is 0 Å². The lowest BCUT2D eigenvalue weighted by molar-refractivity contribution is -0.0149. The number of imidazole rings is 1. The van der Waals surface area contributed by atoms with Gasteiger partial charge < -0.3 is 28.9 Å². The Morgan fingerprint density at radius 2 is 1.91 bits per heavy atom. The SMILES string of the molecule is C[C@H]1CCCCO[C@H](CN(C)C(=O)c2ccccc2)[C@@H](C)CN([C@@H](C)CO)C(=O)c2cc(NS(=O)(=O)c3cn(C)cn3)ccc2O1. The lowest BCUT2D eigenvalue weighted by Crippen LogP contribution is -2.48. The predicted octanol–water partition coefficient (Wildman–Crippen LogP) is 3.79. The number of rotatable bonds is 8. The summed E-state index contributed by atoms with van der Waals surface area (Å²) in [5.41, 5.74) is 0.901. The van der Waals surface area contributed by atoms with Crippen molar-refractivity contribution in [3.05, 3.63) is 72.2 Å². The highest BCUT2D eigenvalue weighted by Crippen LogP contribution is 2.29. The molecule has 0 saturated carbocycles. The highest BCUT2D eigenvalue weighted by molar-refractivity contribution is 7.92. The molecule has 2 heterocycles. The first-order valence-electron chi connectivity index (χ1n) is 15.5. The zero-order valence-electron chi connectivity index (χ0n) is 27.1. The molecule has 3 aromatic rings. The van der Waals surface area contributed by atoms with Crippen LogP contribution < -0.4 is 9.46 Å². The molecule has 2 amide bonds. The molecule has 4 atom stereocenters. The van der Waals surface area contributed by atoms with Gasteiger partial charge in [-0.3, -0.25) is 14.3 Å². The molecule has 1 aromatic heterocycles. The lowest BCUT2D eigenvalue weighted by Gasteiger charge is -2.36. The molecular formula is C33H45N5O7S. The van der Waals surface area contributed by atoms with Gasteiger partial charge in [-0.05, 0) is 63.4 Å². The number of sulfonamides is 1. The van der Waals surface area contributed by atoms with Crippen LogP contribution in [-0.4, -0.2) is 96.3 Å². The van der Waals surface area contributed by atoms with Gasteiger partial charge >= 0.3 is 0 Å². The summed E-state index contributed by atoms with van der Waals surface area (Å²) in [5.74, 6) is -0.479. The second-order valence-corrected chi connectivity index (χ2v) is 13.7. The number of nitrogens with one attached hydrogen (secondary N) is 1. The van der Waals surface area contributed by atoms with Crippen molar-refractivity contribution >= 4 is 27.5 Å². The number of hydrogen-bond donors (Lipinski definition) is 2. The van der Waals surface area contributed by atoms with Crippen molar-refractivity contribution < 1.29 is 32.6 Å². The van der Waals surface area contributed by atoms with Crippen LogP contribution in [0.2, 0.25) is 0 Å². The van der Waals surface area contributed by atoms with Crippen molar-refractivity contribution in [2.24, 2.45) is 13.0 Å². The fourth-order valence-corrected chi connectivity index (χ4v) is 6.37. The zero-order chi connectivity index (χ0) is 33.4. The Hall–Kier alpha value is -3.94. The normalized spacial score (nSPS) is 20.6. The van der Waals surface area contributed by atoms with Crippen LogP contribution >= 0.6 is 0 Å². The van der Waals surface area contributed by atoms with E-state index in [9.17, 15) is 23.1 Å². The summed E-state index contributed by atoms with van der Waals surface area (Å²) in [7, 11) is -0.618. The number of benzene rings is 2. The molecule has 0 unspecified atom stereocenters. The average Bonchev–Trinajstić information content (AvgIpc) is 3.49. The Balaban J connectivity index is 1.66. The maximum absolute atomic E-state index is 14.3. The van der Waals surface area contributed by atoms with Gasteiger partial charge in [0.25, 0.3) is 21.8 Å². The van der Waals surface area contributed by atoms with Crippen LogP contribution in [0.15, 0.2) is 66.1 Å². The maximum atomic E-state index is 14.3. The fraction of sp³-hybridized carbons (Fsp3) is 0.485. The van der Waals surface area contributed by atoms with Crippen LogP contribution in [0.5, 0.6) is 5.75 Å². The van der Waals surface area contributed by atoms with Gasteiger partial charge in [-0.1, -0.05) is 25.1 Å². The van der Waals surface area contributed by atoms with Gasteiger partial charge in [0.1, 0.15) is 5.75 Å². The van der Waals surface area contributed by atoms with Crippen LogP contribution in [0, 0.1) is 5.92 Å². The largest absolute Gasteiger partial charge is 0.490 e. The molecule has 0 spiro atoms. The molecule has 46 heavy (non-hydrogen) atoms. The van der Waals surface area contributed by atoms with Crippen molar-refractivity contribution in [2.75, 3.05) is 38.1 Å². The number of ether oxygens (including phenoxy) is 2. The summed E-state index contributed by atoms with van der Waals surface area (Å²) in [6.45, 7) is 6.31. The van der Waals surface area contributed by atoms with Gasteiger partial charge in [-0.2, -0.15) is 8.42 Å². The minimum Gasteiger partial charge on any atom is -0.490 e. The number of aliphatic hydroxyl groups excluding tert-OH is 1. The second kappa shape index (κ2) is 15.6. The van der Waals surface area contributed by atoms with E-state index in [1.54, 1.807) is 55.1 Å². The van der Waals surface area contributed by atoms with Crippen LogP contribution in [0.4, 0.5) is 5.69 Å². The number of aliphatic hydroxyl groups is 1. The first-order chi connectivity index (χ1) is 21.9. The molecule has 0 saturated heterocycles. The Bertz CT molecular complexity index is 1580. The van der Waals surface area contributed by atoms with E-state index in [1.165, 1.54) is 23.2 Å². The third-order valence-electron chi connectivity index (χ3n) is 8.08. The van der Waals surface area contributed by atoms with E-state index < -0.39 is 28.1 Å². The number of hydrogen-bond acceptors (Lipinski definition) is 8. The minimum absolute atomic E-state index is 0.131. The van der Waals surface area contributed by atoms with Gasteiger partial charge in [-0.25, -0.2) is 4.98 Å². The van der Waals surface area contributed by atoms with Crippen molar-refractivity contribution in [3.8, 4) is 5.75 Å². The van der Waals surface area contributed by atoms with Crippen molar-refractivity contribution in [1.82, 2.24) is 19.4 Å². The summed E-state index contributed by atoms with van der Waals surface area (Å²) in [4.78, 5) is 34.6. The number of aryl methyl sites for hydroxylation is 1. The molecule has 4 rings (SSSR count). The number of nitrogens with zero attached hydrogens (tertiary/aromatic N) is 4. The highest BCUT2D eigenvalue weighted by atomic mass is 32.2. The molecule has 0 aliphatic carbocycles. The third kappa shape index (κ3) is 8.86. The van der Waals surface area contributed by atoms with Crippen LogP contribution in [0.1, 0.15) is 60.7 Å². The van der Waals surface area contributed by atoms with Crippen LogP contribution in [0.25, 0.3) is 0 Å². The monoisotopic (exact) mass is 655 g/mol. The van der Waals surface area contributed by atoms with Gasteiger partial charge in [0.05, 0.1) is 36.7 Å². The number of amides is 2. The molecule has 2 aromatic carbocycles. The van der Waals surface area contributed by atoms with E-state index in [2.05, 4.69) is 9.71 Å². The minimum atomic E-state index is -4.02. The van der Waals surface area contributed by atoms with Gasteiger partial charge in [-0.15, -0.1) is 0 Å². The van der Waals surface area contributed by atoms with E-state index >= 15 is 0 Å². The van der Waals surface area contributed by atoms with Crippen LogP contribution in [-0.2, 0) is 21.8 Å². The summed E-state index contributed by atoms with van der Waals surface area (Å²) in [6, 6.07) is 13.1. The molecule has 0 radical (unpaired) electrons. The number of anilines is 1. The molecule has 1 aliphatic heterocycles. The number of carbonyl (C=O) groups is 2. The van der Waals surface area contributed by atoms with E-state index in [1.807, 2.05) is 32.0 Å². The fourth-order valence-electron chi connectivity index (χ4n) is 5.34. The smallest absolute Gasteiger partial charge is 0.280 e. The van der Waals surface area contributed by atoms with Crippen molar-refractivity contribution in [2.45, 2.75) is 63.3 Å². The first kappa shape index (κ1) is 34.9. The molecule has 0 fully saturated rings. The maximum Gasteiger partial charge on any atom is 0.280 e. The van der Waals surface area contributed by atoms with Gasteiger partial charge in [0.2, 0.25) is 0 Å². The standard InChI is InChI=1S/C33H45N5O7S/c1-23-18-38(24(2)21-39)33(41)28-17-27(35-46(42,43)31-20-36(4)22-34-31)14-15-29(28)45-25(3)11-9-10-16-44-30(23)19-37(5)32(40)26-12-7-6-8-13-26/h6-8,12-15,17,20,22-25,30,35,39H,9-11,16,18-19,21H2,1-5H3/t23-,24-,25-,30+/m0/s1. The molecular weight excluding hydrogens is 610 g/mol. The summed E-state index contributed by atoms with van der Waals surface area (Å²) in [5, 5.41) is 10.0. The first-order valence-corrected chi connectivity index (χ1v) is 17.0. The Morgan fingerprint density at radius 3 is 2.59 bits per heavy atom. The average molecular weight is 656 g/mol. The quantitative estimate of drug-likeness (QED) is 0.373. The number of fused-ring (bicyclic) bond motifs is 1. The molecule has 250 valence electrons. The lowest BCUT2D eigenvalue weighted by atomic mass is 10.0. The summed E-state index contributed by atoms with van der Waals surface area (Å²) in [6.07, 6.45) is 4.44. The highest BCUT2D eigenvalue weighted by Gasteiger charge is 2.31.